The molecule has 0 saturated heterocycles. The average Bonchev–Trinajstić information content (AvgIpc) is 2.38. The fourth-order valence-corrected chi connectivity index (χ4v) is 1.63. The third kappa shape index (κ3) is 4.54. The number of carbonyl (C=O) groups is 2. The predicted octanol–water partition coefficient (Wildman–Crippen LogP) is 2.06. The molecule has 0 radical (unpaired) electrons. The van der Waals surface area contributed by atoms with Crippen LogP contribution in [0.4, 0.5) is 0 Å². The molecule has 102 valence electrons. The summed E-state index contributed by atoms with van der Waals surface area (Å²) in [6.45, 7) is 3.20. The molecule has 0 aliphatic rings. The summed E-state index contributed by atoms with van der Waals surface area (Å²) in [5, 5.41) is 17.9. The van der Waals surface area contributed by atoms with Gasteiger partial charge < -0.3 is 10.2 Å². The van der Waals surface area contributed by atoms with E-state index in [1.165, 1.54) is 6.92 Å². The molecule has 1 aromatic rings. The van der Waals surface area contributed by atoms with Crippen molar-refractivity contribution in [3.8, 4) is 0 Å². The summed E-state index contributed by atoms with van der Waals surface area (Å²) in [6.07, 6.45) is -0.0190. The van der Waals surface area contributed by atoms with Crippen molar-refractivity contribution in [2.75, 3.05) is 0 Å². The molecule has 1 aromatic carbocycles. The van der Waals surface area contributed by atoms with E-state index in [0.29, 0.717) is 5.71 Å². The lowest BCUT2D eigenvalue weighted by molar-refractivity contribution is -0.143. The van der Waals surface area contributed by atoms with Gasteiger partial charge in [-0.05, 0) is 18.9 Å². The first-order valence-electron chi connectivity index (χ1n) is 5.97. The Morgan fingerprint density at radius 2 is 1.74 bits per heavy atom. The lowest BCUT2D eigenvalue weighted by Gasteiger charge is -2.12. The maximum atomic E-state index is 11.1. The maximum absolute atomic E-state index is 11.1. The van der Waals surface area contributed by atoms with Gasteiger partial charge in [-0.3, -0.25) is 9.79 Å². The third-order valence-electron chi connectivity index (χ3n) is 2.82. The van der Waals surface area contributed by atoms with Gasteiger partial charge in [0.15, 0.2) is 0 Å². The van der Waals surface area contributed by atoms with Crippen LogP contribution in [0.25, 0.3) is 0 Å². The normalized spacial score (nSPS) is 14.7. The number of hydrogen-bond acceptors (Lipinski definition) is 3. The van der Waals surface area contributed by atoms with Crippen LogP contribution in [0.3, 0.4) is 0 Å². The van der Waals surface area contributed by atoms with E-state index in [4.69, 9.17) is 10.2 Å². The summed E-state index contributed by atoms with van der Waals surface area (Å²) in [7, 11) is 0. The highest BCUT2D eigenvalue weighted by Gasteiger charge is 2.23. The van der Waals surface area contributed by atoms with E-state index in [-0.39, 0.29) is 6.42 Å². The van der Waals surface area contributed by atoms with Gasteiger partial charge in [0.1, 0.15) is 6.04 Å². The fraction of sp³-hybridized carbons (Fsp3) is 0.357. The van der Waals surface area contributed by atoms with Gasteiger partial charge in [-0.1, -0.05) is 37.3 Å². The van der Waals surface area contributed by atoms with Crippen LogP contribution in [0.1, 0.15) is 25.8 Å². The summed E-state index contributed by atoms with van der Waals surface area (Å²) in [4.78, 5) is 26.0. The smallest absolute Gasteiger partial charge is 0.328 e. The van der Waals surface area contributed by atoms with Crippen LogP contribution in [-0.2, 0) is 9.59 Å². The van der Waals surface area contributed by atoms with Gasteiger partial charge in [-0.2, -0.15) is 0 Å². The summed E-state index contributed by atoms with van der Waals surface area (Å²) >= 11 is 0. The van der Waals surface area contributed by atoms with Crippen LogP contribution in [0.5, 0.6) is 0 Å². The molecular weight excluding hydrogens is 246 g/mol. The summed E-state index contributed by atoms with van der Waals surface area (Å²) in [5.41, 5.74) is 1.42. The van der Waals surface area contributed by atoms with Crippen molar-refractivity contribution in [3.05, 3.63) is 35.9 Å². The number of carboxylic acids is 2. The zero-order chi connectivity index (χ0) is 14.4. The van der Waals surface area contributed by atoms with Crippen molar-refractivity contribution < 1.29 is 19.8 Å². The second-order valence-electron chi connectivity index (χ2n) is 4.41. The van der Waals surface area contributed by atoms with E-state index in [1.807, 2.05) is 30.3 Å². The largest absolute Gasteiger partial charge is 0.481 e. The maximum Gasteiger partial charge on any atom is 0.328 e. The van der Waals surface area contributed by atoms with Crippen molar-refractivity contribution in [2.45, 2.75) is 26.3 Å². The Kier molecular flexibility index (Phi) is 5.23. The minimum atomic E-state index is -1.11. The molecule has 5 nitrogen and oxygen atoms in total. The molecule has 2 N–H and O–H groups in total. The lowest BCUT2D eigenvalue weighted by atomic mass is 10.0. The second kappa shape index (κ2) is 6.68. The van der Waals surface area contributed by atoms with E-state index >= 15 is 0 Å². The van der Waals surface area contributed by atoms with Gasteiger partial charge in [-0.25, -0.2) is 4.79 Å². The van der Waals surface area contributed by atoms with E-state index in [2.05, 4.69) is 4.99 Å². The van der Waals surface area contributed by atoms with E-state index in [1.54, 1.807) is 6.92 Å². The molecule has 0 unspecified atom stereocenters. The van der Waals surface area contributed by atoms with E-state index < -0.39 is 23.9 Å². The van der Waals surface area contributed by atoms with Crippen LogP contribution in [0.15, 0.2) is 35.3 Å². The monoisotopic (exact) mass is 263 g/mol. The van der Waals surface area contributed by atoms with E-state index in [9.17, 15) is 9.59 Å². The molecule has 2 atom stereocenters. The van der Waals surface area contributed by atoms with Crippen molar-refractivity contribution >= 4 is 17.7 Å². The number of benzene rings is 1. The molecule has 0 amide bonds. The molecule has 5 heteroatoms. The molecule has 0 aliphatic carbocycles. The third-order valence-corrected chi connectivity index (χ3v) is 2.82. The number of nitrogens with zero attached hydrogens (tertiary/aromatic N) is 1. The quantitative estimate of drug-likeness (QED) is 0.769. The molecule has 19 heavy (non-hydrogen) atoms. The predicted molar refractivity (Wildman–Crippen MR) is 71.5 cm³/mol. The molecule has 0 heterocycles. The van der Waals surface area contributed by atoms with Gasteiger partial charge in [-0.15, -0.1) is 0 Å². The van der Waals surface area contributed by atoms with Crippen molar-refractivity contribution in [2.24, 2.45) is 10.9 Å². The molecule has 0 aliphatic heterocycles. The standard InChI is InChI=1S/C14H17NO4/c1-9(13(16)17)8-12(14(18)19)15-10(2)11-6-4-3-5-7-11/h3-7,9,12H,8H2,1-2H3,(H,16,17)(H,18,19)/t9-,12+/m1/s1. The molecule has 0 bridgehead atoms. The van der Waals surface area contributed by atoms with Crippen LogP contribution in [0.2, 0.25) is 0 Å². The highest BCUT2D eigenvalue weighted by Crippen LogP contribution is 2.12. The number of aliphatic imine (C=N–C) groups is 1. The Bertz CT molecular complexity index is 481. The summed E-state index contributed by atoms with van der Waals surface area (Å²) in [6, 6.07) is 8.16. The first-order chi connectivity index (χ1) is 8.91. The summed E-state index contributed by atoms with van der Waals surface area (Å²) < 4.78 is 0. The topological polar surface area (TPSA) is 87.0 Å². The first-order valence-corrected chi connectivity index (χ1v) is 5.97. The Morgan fingerprint density at radius 3 is 2.21 bits per heavy atom. The zero-order valence-electron chi connectivity index (χ0n) is 10.9. The Balaban J connectivity index is 2.89. The molecule has 0 spiro atoms. The van der Waals surface area contributed by atoms with Crippen LogP contribution in [0, 0.1) is 5.92 Å². The Morgan fingerprint density at radius 1 is 1.16 bits per heavy atom. The second-order valence-corrected chi connectivity index (χ2v) is 4.41. The molecular formula is C14H17NO4. The number of aliphatic carboxylic acids is 2. The van der Waals surface area contributed by atoms with Crippen molar-refractivity contribution in [1.82, 2.24) is 0 Å². The molecule has 1 rings (SSSR count). The fourth-order valence-electron chi connectivity index (χ4n) is 1.63. The first kappa shape index (κ1) is 14.9. The van der Waals surface area contributed by atoms with Gasteiger partial charge in [0.25, 0.3) is 0 Å². The lowest BCUT2D eigenvalue weighted by Crippen LogP contribution is -2.25. The number of carboxylic acid groups (broad SMARTS) is 2. The highest BCUT2D eigenvalue weighted by molar-refractivity contribution is 5.99. The summed E-state index contributed by atoms with van der Waals surface area (Å²) in [5.74, 6) is -2.87. The van der Waals surface area contributed by atoms with Gasteiger partial charge in [0.2, 0.25) is 0 Å². The molecule has 0 saturated carbocycles. The van der Waals surface area contributed by atoms with Crippen LogP contribution >= 0.6 is 0 Å². The Hall–Kier alpha value is -2.17. The van der Waals surface area contributed by atoms with Crippen LogP contribution < -0.4 is 0 Å². The average molecular weight is 263 g/mol. The van der Waals surface area contributed by atoms with Crippen molar-refractivity contribution in [3.63, 3.8) is 0 Å². The van der Waals surface area contributed by atoms with Gasteiger partial charge in [0.05, 0.1) is 5.92 Å². The minimum absolute atomic E-state index is 0.0190. The Labute approximate surface area is 111 Å². The van der Waals surface area contributed by atoms with Gasteiger partial charge >= 0.3 is 11.9 Å². The minimum Gasteiger partial charge on any atom is -0.481 e. The molecule has 0 aromatic heterocycles. The molecule has 0 fully saturated rings. The van der Waals surface area contributed by atoms with E-state index in [0.717, 1.165) is 5.56 Å². The SMILES string of the molecule is CC(=N[C@@H](C[C@@H](C)C(=O)O)C(=O)O)c1ccccc1. The van der Waals surface area contributed by atoms with Gasteiger partial charge in [0, 0.05) is 5.71 Å². The zero-order valence-corrected chi connectivity index (χ0v) is 10.9. The highest BCUT2D eigenvalue weighted by atomic mass is 16.4. The van der Waals surface area contributed by atoms with Crippen LogP contribution in [-0.4, -0.2) is 33.9 Å². The number of hydrogen-bond donors (Lipinski definition) is 2. The number of rotatable bonds is 6. The van der Waals surface area contributed by atoms with Crippen molar-refractivity contribution in [1.29, 1.82) is 0 Å².